The molecule has 0 unspecified atom stereocenters. The van der Waals surface area contributed by atoms with Gasteiger partial charge in [-0.15, -0.1) is 0 Å². The molecule has 2 aliphatic heterocycles. The number of halogens is 3. The number of piperidine rings is 1. The van der Waals surface area contributed by atoms with E-state index in [9.17, 15) is 27.6 Å². The lowest BCUT2D eigenvalue weighted by molar-refractivity contribution is -0.137. The quantitative estimate of drug-likeness (QED) is 0.503. The van der Waals surface area contributed by atoms with Crippen LogP contribution in [0.5, 0.6) is 0 Å². The molecule has 0 atom stereocenters. The summed E-state index contributed by atoms with van der Waals surface area (Å²) in [5.74, 6) is -0.465. The number of para-hydroxylation sites is 1. The van der Waals surface area contributed by atoms with Gasteiger partial charge in [0.05, 0.1) is 5.56 Å². The fourth-order valence-corrected chi connectivity index (χ4v) is 3.76. The number of alkyl halides is 3. The van der Waals surface area contributed by atoms with Crippen LogP contribution in [-0.2, 0) is 11.0 Å². The van der Waals surface area contributed by atoms with Crippen molar-refractivity contribution < 1.29 is 27.6 Å². The molecule has 6 nitrogen and oxygen atoms in total. The minimum Gasteiger partial charge on any atom is -0.339 e. The highest BCUT2D eigenvalue weighted by Crippen LogP contribution is 2.31. The first-order chi connectivity index (χ1) is 16.6. The van der Waals surface area contributed by atoms with Gasteiger partial charge in [0.25, 0.3) is 5.91 Å². The van der Waals surface area contributed by atoms with Gasteiger partial charge < -0.3 is 4.90 Å². The average molecular weight is 492 g/mol. The third kappa shape index (κ3) is 7.31. The second-order valence-electron chi connectivity index (χ2n) is 8.10. The van der Waals surface area contributed by atoms with Gasteiger partial charge >= 0.3 is 12.2 Å². The van der Waals surface area contributed by atoms with E-state index in [1.54, 1.807) is 11.8 Å². The first-order valence-electron chi connectivity index (χ1n) is 11.7. The van der Waals surface area contributed by atoms with E-state index in [-0.39, 0.29) is 30.0 Å². The molecule has 0 aliphatic carbocycles. The minimum absolute atomic E-state index is 0.134. The molecule has 9 heteroatoms. The largest absolute Gasteiger partial charge is 0.416 e. The number of urea groups is 1. The van der Waals surface area contributed by atoms with Crippen LogP contribution in [0.25, 0.3) is 0 Å². The molecule has 2 aliphatic rings. The monoisotopic (exact) mass is 491 g/mol. The topological polar surface area (TPSA) is 60.9 Å². The molecule has 2 aromatic carbocycles. The van der Waals surface area contributed by atoms with Crippen LogP contribution in [0.15, 0.2) is 48.5 Å². The van der Waals surface area contributed by atoms with Gasteiger partial charge in [-0.05, 0) is 62.1 Å². The number of hydrogen-bond donors (Lipinski definition) is 0. The Bertz CT molecular complexity index is 1020. The molecule has 0 N–H and O–H groups in total. The summed E-state index contributed by atoms with van der Waals surface area (Å²) in [6, 6.07) is 12.4. The van der Waals surface area contributed by atoms with Gasteiger partial charge in [-0.1, -0.05) is 32.0 Å². The van der Waals surface area contributed by atoms with Crippen molar-refractivity contribution in [2.45, 2.75) is 46.2 Å². The van der Waals surface area contributed by atoms with Gasteiger partial charge in [0.1, 0.15) is 6.54 Å². The number of imide groups is 1. The Balaban J connectivity index is 0.000000239. The van der Waals surface area contributed by atoms with E-state index < -0.39 is 11.7 Å². The summed E-state index contributed by atoms with van der Waals surface area (Å²) in [6.45, 7) is 6.98. The molecule has 0 saturated carbocycles. The van der Waals surface area contributed by atoms with Gasteiger partial charge in [0.15, 0.2) is 0 Å². The molecule has 2 fully saturated rings. The molecular weight excluding hydrogens is 459 g/mol. The molecule has 4 rings (SSSR count). The van der Waals surface area contributed by atoms with E-state index in [4.69, 9.17) is 0 Å². The summed E-state index contributed by atoms with van der Waals surface area (Å²) in [6.07, 6.45) is -1.50. The molecule has 2 saturated heterocycles. The van der Waals surface area contributed by atoms with Crippen molar-refractivity contribution in [3.8, 4) is 0 Å². The van der Waals surface area contributed by atoms with Crippen molar-refractivity contribution in [2.24, 2.45) is 0 Å². The summed E-state index contributed by atoms with van der Waals surface area (Å²) in [5.41, 5.74) is 0.590. The van der Waals surface area contributed by atoms with Crippen LogP contribution in [0, 0.1) is 6.92 Å². The third-order valence-electron chi connectivity index (χ3n) is 5.55. The van der Waals surface area contributed by atoms with Crippen LogP contribution in [0.3, 0.4) is 0 Å². The smallest absolute Gasteiger partial charge is 0.339 e. The van der Waals surface area contributed by atoms with Gasteiger partial charge in [0.2, 0.25) is 5.91 Å². The first kappa shape index (κ1) is 27.9. The van der Waals surface area contributed by atoms with E-state index in [1.165, 1.54) is 18.0 Å². The lowest BCUT2D eigenvalue weighted by Crippen LogP contribution is -2.35. The molecule has 190 valence electrons. The summed E-state index contributed by atoms with van der Waals surface area (Å²) < 4.78 is 38.2. The number of aryl methyl sites for hydroxylation is 1. The Labute approximate surface area is 204 Å². The number of amides is 4. The molecule has 35 heavy (non-hydrogen) atoms. The molecule has 4 amide bonds. The van der Waals surface area contributed by atoms with Crippen LogP contribution in [0.2, 0.25) is 0 Å². The number of hydrogen-bond acceptors (Lipinski definition) is 3. The first-order valence-corrected chi connectivity index (χ1v) is 11.7. The maximum Gasteiger partial charge on any atom is 0.416 e. The Hall–Kier alpha value is -3.36. The molecule has 2 heterocycles. The highest BCUT2D eigenvalue weighted by molar-refractivity contribution is 6.11. The Morgan fingerprint density at radius 2 is 1.51 bits per heavy atom. The van der Waals surface area contributed by atoms with Crippen molar-refractivity contribution >= 4 is 23.5 Å². The van der Waals surface area contributed by atoms with Gasteiger partial charge in [-0.3, -0.25) is 19.4 Å². The number of nitrogens with zero attached hydrogens (tertiary/aromatic N) is 3. The zero-order valence-corrected chi connectivity index (χ0v) is 20.6. The van der Waals surface area contributed by atoms with Crippen LogP contribution >= 0.6 is 0 Å². The van der Waals surface area contributed by atoms with E-state index in [0.29, 0.717) is 18.7 Å². The van der Waals surface area contributed by atoms with Gasteiger partial charge in [-0.25, -0.2) is 4.79 Å². The Kier molecular flexibility index (Phi) is 9.86. The Morgan fingerprint density at radius 3 is 2.03 bits per heavy atom. The summed E-state index contributed by atoms with van der Waals surface area (Å²) >= 11 is 0. The number of carbonyl (C=O) groups is 3. The maximum absolute atomic E-state index is 12.7. The molecular formula is C26H32F3N3O3. The number of likely N-dealkylation sites (N-methyl/N-ethyl adjacent to an activating group) is 1. The summed E-state index contributed by atoms with van der Waals surface area (Å²) in [5, 5.41) is 0. The Morgan fingerprint density at radius 1 is 0.914 bits per heavy atom. The number of carbonyl (C=O) groups excluding carboxylic acids is 3. The number of rotatable bonds is 2. The van der Waals surface area contributed by atoms with Crippen molar-refractivity contribution in [3.63, 3.8) is 0 Å². The number of likely N-dealkylation sites (tertiary alicyclic amines) is 1. The number of anilines is 1. The van der Waals surface area contributed by atoms with Crippen molar-refractivity contribution in [1.29, 1.82) is 0 Å². The van der Waals surface area contributed by atoms with Gasteiger partial charge in [0, 0.05) is 31.4 Å². The van der Waals surface area contributed by atoms with E-state index in [2.05, 4.69) is 0 Å². The molecule has 0 aromatic heterocycles. The average Bonchev–Trinajstić information content (AvgIpc) is 3.12. The fraction of sp³-hybridized carbons (Fsp3) is 0.423. The number of benzene rings is 2. The second-order valence-corrected chi connectivity index (χ2v) is 8.10. The standard InChI is InChI=1S/C14H16F3NO.C10H10N2O2.C2H6/c1-10-7-11(9-12(8-10)14(15,16)17)13(19)18-5-3-2-4-6-18;1-11-9(13)7-12(10(11)14)8-5-3-2-4-6-8;1-2/h7-9H,2-6H2,1H3;2-6H,7H2,1H3;1-2H3. The second kappa shape index (κ2) is 12.4. The normalized spacial score (nSPS) is 15.8. The fourth-order valence-electron chi connectivity index (χ4n) is 3.76. The van der Waals surface area contributed by atoms with Crippen molar-refractivity contribution in [1.82, 2.24) is 9.80 Å². The highest BCUT2D eigenvalue weighted by Gasteiger charge is 2.34. The highest BCUT2D eigenvalue weighted by atomic mass is 19.4. The van der Waals surface area contributed by atoms with E-state index in [0.717, 1.165) is 42.0 Å². The van der Waals surface area contributed by atoms with Crippen LogP contribution in [0.4, 0.5) is 23.7 Å². The van der Waals surface area contributed by atoms with Crippen molar-refractivity contribution in [3.05, 3.63) is 65.2 Å². The molecule has 0 bridgehead atoms. The van der Waals surface area contributed by atoms with E-state index >= 15 is 0 Å². The lowest BCUT2D eigenvalue weighted by Gasteiger charge is -2.27. The molecule has 2 aromatic rings. The van der Waals surface area contributed by atoms with Crippen LogP contribution in [0.1, 0.15) is 54.6 Å². The lowest BCUT2D eigenvalue weighted by atomic mass is 10.0. The third-order valence-corrected chi connectivity index (χ3v) is 5.55. The van der Waals surface area contributed by atoms with Gasteiger partial charge in [-0.2, -0.15) is 13.2 Å². The van der Waals surface area contributed by atoms with Crippen LogP contribution < -0.4 is 4.90 Å². The predicted molar refractivity (Wildman–Crippen MR) is 129 cm³/mol. The zero-order chi connectivity index (χ0) is 26.2. The summed E-state index contributed by atoms with van der Waals surface area (Å²) in [7, 11) is 1.49. The SMILES string of the molecule is CC.CN1C(=O)CN(c2ccccc2)C1=O.Cc1cc(C(=O)N2CCCCC2)cc(C(F)(F)F)c1. The predicted octanol–water partition coefficient (Wildman–Crippen LogP) is 5.75. The molecule has 0 radical (unpaired) electrons. The molecule has 0 spiro atoms. The van der Waals surface area contributed by atoms with E-state index in [1.807, 2.05) is 44.2 Å². The zero-order valence-electron chi connectivity index (χ0n) is 20.6. The minimum atomic E-state index is -4.41. The summed E-state index contributed by atoms with van der Waals surface area (Å²) in [4.78, 5) is 39.2. The van der Waals surface area contributed by atoms with Crippen LogP contribution in [-0.4, -0.2) is 54.3 Å². The maximum atomic E-state index is 12.7. The van der Waals surface area contributed by atoms with Crippen molar-refractivity contribution in [2.75, 3.05) is 31.6 Å².